The number of carbonyl (C=O) groups excluding carboxylic acids is 2. The molecule has 18 heavy (non-hydrogen) atoms. The van der Waals surface area contributed by atoms with Crippen LogP contribution in [0.1, 0.15) is 30.5 Å². The first-order valence-electron chi connectivity index (χ1n) is 5.48. The quantitative estimate of drug-likeness (QED) is 0.827. The van der Waals surface area contributed by atoms with E-state index in [-0.39, 0.29) is 19.0 Å². The first kappa shape index (κ1) is 14.0. The molecule has 5 nitrogen and oxygen atoms in total. The van der Waals surface area contributed by atoms with Gasteiger partial charge in [-0.15, -0.1) is 0 Å². The van der Waals surface area contributed by atoms with Gasteiger partial charge in [0.2, 0.25) is 0 Å². The van der Waals surface area contributed by atoms with E-state index in [0.717, 1.165) is 5.56 Å². The molecule has 0 saturated heterocycles. The Hall–Kier alpha value is -2.04. The van der Waals surface area contributed by atoms with E-state index >= 15 is 0 Å². The number of phenolic OH excluding ortho intramolecular Hbond substituents is 1. The second-order valence-corrected chi connectivity index (χ2v) is 3.99. The van der Waals surface area contributed by atoms with Gasteiger partial charge in [-0.2, -0.15) is 0 Å². The second kappa shape index (κ2) is 6.05. The molecule has 0 aliphatic carbocycles. The van der Waals surface area contributed by atoms with Crippen LogP contribution in [0.25, 0.3) is 0 Å². The van der Waals surface area contributed by atoms with E-state index < -0.39 is 11.9 Å². The van der Waals surface area contributed by atoms with Gasteiger partial charge in [0, 0.05) is 25.0 Å². The highest BCUT2D eigenvalue weighted by molar-refractivity contribution is 5.66. The predicted molar refractivity (Wildman–Crippen MR) is 63.8 cm³/mol. The number of esters is 2. The summed E-state index contributed by atoms with van der Waals surface area (Å²) < 4.78 is 9.68. The lowest BCUT2D eigenvalue weighted by molar-refractivity contribution is -0.142. The highest BCUT2D eigenvalue weighted by Gasteiger charge is 2.11. The van der Waals surface area contributed by atoms with E-state index in [4.69, 9.17) is 9.47 Å². The van der Waals surface area contributed by atoms with Crippen LogP contribution in [0, 0.1) is 6.92 Å². The van der Waals surface area contributed by atoms with E-state index in [2.05, 4.69) is 0 Å². The number of hydrogen-bond donors (Lipinski definition) is 1. The minimum Gasteiger partial charge on any atom is -0.507 e. The lowest BCUT2D eigenvalue weighted by atomic mass is 10.1. The highest BCUT2D eigenvalue weighted by atomic mass is 16.5. The summed E-state index contributed by atoms with van der Waals surface area (Å²) in [7, 11) is 0. The first-order chi connectivity index (χ1) is 8.40. The topological polar surface area (TPSA) is 72.8 Å². The van der Waals surface area contributed by atoms with Crippen molar-refractivity contribution in [1.29, 1.82) is 0 Å². The van der Waals surface area contributed by atoms with Gasteiger partial charge in [-0.1, -0.05) is 5.56 Å². The van der Waals surface area contributed by atoms with Crippen LogP contribution in [-0.2, 0) is 32.3 Å². The predicted octanol–water partition coefficient (Wildman–Crippen LogP) is 1.83. The monoisotopic (exact) mass is 252 g/mol. The van der Waals surface area contributed by atoms with E-state index in [9.17, 15) is 14.7 Å². The van der Waals surface area contributed by atoms with Crippen molar-refractivity contribution in [2.45, 2.75) is 34.0 Å². The first-order valence-corrected chi connectivity index (χ1v) is 5.48. The van der Waals surface area contributed by atoms with Crippen molar-refractivity contribution in [2.24, 2.45) is 0 Å². The summed E-state index contributed by atoms with van der Waals surface area (Å²) in [5.41, 5.74) is 1.87. The molecule has 1 aromatic carbocycles. The Morgan fingerprint density at radius 3 is 1.78 bits per heavy atom. The molecule has 0 fully saturated rings. The largest absolute Gasteiger partial charge is 0.507 e. The number of phenols is 1. The fraction of sp³-hybridized carbons (Fsp3) is 0.385. The Labute approximate surface area is 105 Å². The van der Waals surface area contributed by atoms with Crippen molar-refractivity contribution in [1.82, 2.24) is 0 Å². The Morgan fingerprint density at radius 2 is 1.44 bits per heavy atom. The third-order valence-corrected chi connectivity index (χ3v) is 2.27. The number of benzene rings is 1. The van der Waals surface area contributed by atoms with Gasteiger partial charge in [-0.3, -0.25) is 9.59 Å². The maximum Gasteiger partial charge on any atom is 0.302 e. The second-order valence-electron chi connectivity index (χ2n) is 3.99. The molecule has 0 saturated carbocycles. The SMILES string of the molecule is CC(=O)OCc1cc(C)cc(COC(C)=O)c1O. The Kier molecular flexibility index (Phi) is 4.71. The summed E-state index contributed by atoms with van der Waals surface area (Å²) in [4.78, 5) is 21.5. The van der Waals surface area contributed by atoms with Gasteiger partial charge < -0.3 is 14.6 Å². The van der Waals surface area contributed by atoms with Gasteiger partial charge in [0.05, 0.1) is 0 Å². The number of aromatic hydroxyl groups is 1. The van der Waals surface area contributed by atoms with Crippen molar-refractivity contribution < 1.29 is 24.2 Å². The summed E-state index contributed by atoms with van der Waals surface area (Å²) in [5.74, 6) is -0.849. The zero-order chi connectivity index (χ0) is 13.7. The highest BCUT2D eigenvalue weighted by Crippen LogP contribution is 2.26. The third kappa shape index (κ3) is 4.08. The minimum absolute atomic E-state index is 0.00405. The molecule has 0 heterocycles. The van der Waals surface area contributed by atoms with Crippen LogP contribution >= 0.6 is 0 Å². The molecule has 1 rings (SSSR count). The van der Waals surface area contributed by atoms with Crippen molar-refractivity contribution >= 4 is 11.9 Å². The molecule has 5 heteroatoms. The molecule has 1 aromatic rings. The molecule has 0 aliphatic rings. The molecule has 1 N–H and O–H groups in total. The molecular formula is C13H16O5. The van der Waals surface area contributed by atoms with Gasteiger partial charge in [0.1, 0.15) is 19.0 Å². The van der Waals surface area contributed by atoms with Gasteiger partial charge >= 0.3 is 11.9 Å². The minimum atomic E-state index is -0.419. The van der Waals surface area contributed by atoms with Crippen LogP contribution in [0.5, 0.6) is 5.75 Å². The van der Waals surface area contributed by atoms with Crippen LogP contribution < -0.4 is 0 Å². The van der Waals surface area contributed by atoms with Crippen LogP contribution in [0.3, 0.4) is 0 Å². The smallest absolute Gasteiger partial charge is 0.302 e. The molecule has 0 unspecified atom stereocenters. The average molecular weight is 252 g/mol. The van der Waals surface area contributed by atoms with E-state index in [1.807, 2.05) is 6.92 Å². The molecule has 0 atom stereocenters. The van der Waals surface area contributed by atoms with Crippen LogP contribution in [0.15, 0.2) is 12.1 Å². The molecule has 0 spiro atoms. The third-order valence-electron chi connectivity index (χ3n) is 2.27. The lowest BCUT2D eigenvalue weighted by Gasteiger charge is -2.11. The number of carbonyl (C=O) groups is 2. The van der Waals surface area contributed by atoms with Gasteiger partial charge in [-0.05, 0) is 19.1 Å². The zero-order valence-electron chi connectivity index (χ0n) is 10.6. The number of aryl methyl sites for hydroxylation is 1. The summed E-state index contributed by atoms with van der Waals surface area (Å²) >= 11 is 0. The summed E-state index contributed by atoms with van der Waals surface area (Å²) in [6.07, 6.45) is 0. The average Bonchev–Trinajstić information content (AvgIpc) is 2.27. The molecular weight excluding hydrogens is 236 g/mol. The number of rotatable bonds is 4. The lowest BCUT2D eigenvalue weighted by Crippen LogP contribution is -2.03. The Balaban J connectivity index is 2.90. The molecule has 0 aliphatic heterocycles. The van der Waals surface area contributed by atoms with E-state index in [0.29, 0.717) is 11.1 Å². The maximum atomic E-state index is 10.7. The Morgan fingerprint density at radius 1 is 1.06 bits per heavy atom. The van der Waals surface area contributed by atoms with Crippen LogP contribution in [0.4, 0.5) is 0 Å². The van der Waals surface area contributed by atoms with Crippen LogP contribution in [0.2, 0.25) is 0 Å². The summed E-state index contributed by atoms with van der Waals surface area (Å²) in [5, 5.41) is 9.96. The molecule has 98 valence electrons. The zero-order valence-corrected chi connectivity index (χ0v) is 10.6. The summed E-state index contributed by atoms with van der Waals surface area (Å²) in [6, 6.07) is 3.44. The van der Waals surface area contributed by atoms with Crippen LogP contribution in [-0.4, -0.2) is 17.0 Å². The van der Waals surface area contributed by atoms with E-state index in [1.165, 1.54) is 13.8 Å². The van der Waals surface area contributed by atoms with Gasteiger partial charge in [0.15, 0.2) is 0 Å². The number of ether oxygens (including phenoxy) is 2. The number of hydrogen-bond acceptors (Lipinski definition) is 5. The normalized spacial score (nSPS) is 9.94. The molecule has 0 radical (unpaired) electrons. The van der Waals surface area contributed by atoms with Crippen molar-refractivity contribution in [3.8, 4) is 5.75 Å². The molecule has 0 bridgehead atoms. The molecule has 0 amide bonds. The van der Waals surface area contributed by atoms with Gasteiger partial charge in [-0.25, -0.2) is 0 Å². The summed E-state index contributed by atoms with van der Waals surface area (Å²) in [6.45, 7) is 4.43. The fourth-order valence-electron chi connectivity index (χ4n) is 1.51. The molecule has 0 aromatic heterocycles. The van der Waals surface area contributed by atoms with Crippen molar-refractivity contribution in [3.63, 3.8) is 0 Å². The Bertz CT molecular complexity index is 425. The van der Waals surface area contributed by atoms with E-state index in [1.54, 1.807) is 12.1 Å². The standard InChI is InChI=1S/C13H16O5/c1-8-4-11(6-17-9(2)14)13(16)12(5-8)7-18-10(3)15/h4-5,16H,6-7H2,1-3H3. The van der Waals surface area contributed by atoms with Crippen molar-refractivity contribution in [3.05, 3.63) is 28.8 Å². The van der Waals surface area contributed by atoms with Gasteiger partial charge in [0.25, 0.3) is 0 Å². The van der Waals surface area contributed by atoms with Crippen molar-refractivity contribution in [2.75, 3.05) is 0 Å². The fourth-order valence-corrected chi connectivity index (χ4v) is 1.51. The maximum absolute atomic E-state index is 10.7.